The number of carbonyl (C=O) groups is 1. The van der Waals surface area contributed by atoms with Crippen LogP contribution >= 0.6 is 11.3 Å². The zero-order chi connectivity index (χ0) is 19.2. The van der Waals surface area contributed by atoms with Gasteiger partial charge in [0.1, 0.15) is 11.5 Å². The molecule has 0 saturated heterocycles. The fourth-order valence-electron chi connectivity index (χ4n) is 2.67. The van der Waals surface area contributed by atoms with E-state index in [0.717, 1.165) is 32.6 Å². The highest BCUT2D eigenvalue weighted by Gasteiger charge is 2.09. The van der Waals surface area contributed by atoms with Gasteiger partial charge in [0.15, 0.2) is 0 Å². The molecule has 0 radical (unpaired) electrons. The molecule has 140 valence electrons. The number of benzene rings is 2. The largest absolute Gasteiger partial charge is 0.457 e. The molecule has 0 aliphatic carbocycles. The van der Waals surface area contributed by atoms with Crippen molar-refractivity contribution in [1.29, 1.82) is 0 Å². The molecule has 1 heterocycles. The number of aromatic nitrogens is 1. The highest BCUT2D eigenvalue weighted by atomic mass is 32.1. The number of thiazole rings is 1. The molecule has 2 aromatic carbocycles. The van der Waals surface area contributed by atoms with Gasteiger partial charge in [-0.25, -0.2) is 4.98 Å². The van der Waals surface area contributed by atoms with Gasteiger partial charge in [0.2, 0.25) is 5.91 Å². The van der Waals surface area contributed by atoms with Crippen molar-refractivity contribution in [3.63, 3.8) is 0 Å². The van der Waals surface area contributed by atoms with Crippen molar-refractivity contribution in [3.05, 3.63) is 70.2 Å². The number of hydrogen-bond donors (Lipinski definition) is 1. The van der Waals surface area contributed by atoms with Crippen molar-refractivity contribution in [3.8, 4) is 11.5 Å². The van der Waals surface area contributed by atoms with Crippen molar-refractivity contribution >= 4 is 22.9 Å². The average Bonchev–Trinajstić information content (AvgIpc) is 3.01. The van der Waals surface area contributed by atoms with Gasteiger partial charge in [-0.05, 0) is 62.9 Å². The Morgan fingerprint density at radius 1 is 1.15 bits per heavy atom. The molecule has 6 heteroatoms. The molecule has 3 aromatic rings. The van der Waals surface area contributed by atoms with Gasteiger partial charge in [0, 0.05) is 23.3 Å². The SMILES string of the molecule is Cc1cccc(Oc2ccc(NC(=O)CN(C)Cc3cnc(C)s3)cc2)c1. The van der Waals surface area contributed by atoms with Crippen LogP contribution in [-0.4, -0.2) is 29.4 Å². The number of ether oxygens (including phenoxy) is 1. The Labute approximate surface area is 163 Å². The van der Waals surface area contributed by atoms with Crippen LogP contribution in [0.1, 0.15) is 15.4 Å². The number of anilines is 1. The second kappa shape index (κ2) is 8.79. The van der Waals surface area contributed by atoms with Gasteiger partial charge in [-0.2, -0.15) is 0 Å². The van der Waals surface area contributed by atoms with Crippen LogP contribution in [0.4, 0.5) is 5.69 Å². The van der Waals surface area contributed by atoms with Crippen LogP contribution in [0.25, 0.3) is 0 Å². The normalized spacial score (nSPS) is 10.8. The van der Waals surface area contributed by atoms with Crippen LogP contribution in [0.5, 0.6) is 11.5 Å². The molecule has 5 nitrogen and oxygen atoms in total. The number of nitrogens with zero attached hydrogens (tertiary/aromatic N) is 2. The van der Waals surface area contributed by atoms with Gasteiger partial charge in [-0.3, -0.25) is 9.69 Å². The van der Waals surface area contributed by atoms with E-state index >= 15 is 0 Å². The van der Waals surface area contributed by atoms with E-state index < -0.39 is 0 Å². The second-order valence-corrected chi connectivity index (χ2v) is 7.83. The summed E-state index contributed by atoms with van der Waals surface area (Å²) in [4.78, 5) is 19.6. The lowest BCUT2D eigenvalue weighted by molar-refractivity contribution is -0.117. The van der Waals surface area contributed by atoms with E-state index in [4.69, 9.17) is 4.74 Å². The number of aryl methyl sites for hydroxylation is 2. The second-order valence-electron chi connectivity index (χ2n) is 6.51. The molecule has 0 aliphatic heterocycles. The fourth-order valence-corrected chi connectivity index (χ4v) is 3.54. The van der Waals surface area contributed by atoms with Gasteiger partial charge in [-0.15, -0.1) is 11.3 Å². The molecule has 0 spiro atoms. The predicted molar refractivity (Wildman–Crippen MR) is 110 cm³/mol. The molecule has 1 aromatic heterocycles. The third-order valence-corrected chi connectivity index (χ3v) is 4.77. The summed E-state index contributed by atoms with van der Waals surface area (Å²) in [5.41, 5.74) is 1.90. The molecule has 0 atom stereocenters. The Morgan fingerprint density at radius 3 is 2.59 bits per heavy atom. The van der Waals surface area contributed by atoms with E-state index in [1.807, 2.05) is 80.5 Å². The van der Waals surface area contributed by atoms with E-state index in [1.165, 1.54) is 0 Å². The number of carbonyl (C=O) groups excluding carboxylic acids is 1. The topological polar surface area (TPSA) is 54.5 Å². The van der Waals surface area contributed by atoms with Gasteiger partial charge in [0.05, 0.1) is 11.6 Å². The fraction of sp³-hybridized carbons (Fsp3) is 0.238. The molecular weight excluding hydrogens is 358 g/mol. The first-order valence-electron chi connectivity index (χ1n) is 8.72. The van der Waals surface area contributed by atoms with Crippen LogP contribution < -0.4 is 10.1 Å². The first-order chi connectivity index (χ1) is 13.0. The molecule has 0 unspecified atom stereocenters. The molecule has 0 aliphatic rings. The number of amides is 1. The molecular formula is C21H23N3O2S. The average molecular weight is 382 g/mol. The molecule has 3 rings (SSSR count). The van der Waals surface area contributed by atoms with Crippen LogP contribution in [0.2, 0.25) is 0 Å². The first-order valence-corrected chi connectivity index (χ1v) is 9.54. The molecule has 1 N–H and O–H groups in total. The van der Waals surface area contributed by atoms with Crippen LogP contribution in [0, 0.1) is 13.8 Å². The summed E-state index contributed by atoms with van der Waals surface area (Å²) in [6.45, 7) is 5.03. The number of hydrogen-bond acceptors (Lipinski definition) is 5. The van der Waals surface area contributed by atoms with Crippen molar-refractivity contribution in [2.75, 3.05) is 18.9 Å². The minimum atomic E-state index is -0.0499. The summed E-state index contributed by atoms with van der Waals surface area (Å²) >= 11 is 1.65. The lowest BCUT2D eigenvalue weighted by Gasteiger charge is -2.15. The third kappa shape index (κ3) is 5.91. The predicted octanol–water partition coefficient (Wildman–Crippen LogP) is 4.62. The van der Waals surface area contributed by atoms with Crippen LogP contribution in [0.3, 0.4) is 0 Å². The molecule has 0 fully saturated rings. The molecule has 1 amide bonds. The maximum absolute atomic E-state index is 12.2. The summed E-state index contributed by atoms with van der Waals surface area (Å²) in [6.07, 6.45) is 1.86. The minimum Gasteiger partial charge on any atom is -0.457 e. The van der Waals surface area contributed by atoms with Crippen molar-refractivity contribution in [2.24, 2.45) is 0 Å². The van der Waals surface area contributed by atoms with Gasteiger partial charge < -0.3 is 10.1 Å². The van der Waals surface area contributed by atoms with Crippen LogP contribution in [0.15, 0.2) is 54.7 Å². The molecule has 0 saturated carbocycles. The first kappa shape index (κ1) is 19.1. The Bertz CT molecular complexity index is 906. The number of nitrogens with one attached hydrogen (secondary N) is 1. The highest BCUT2D eigenvalue weighted by Crippen LogP contribution is 2.23. The van der Waals surface area contributed by atoms with Gasteiger partial charge in [0.25, 0.3) is 0 Å². The van der Waals surface area contributed by atoms with Crippen molar-refractivity contribution < 1.29 is 9.53 Å². The Kier molecular flexibility index (Phi) is 6.21. The lowest BCUT2D eigenvalue weighted by Crippen LogP contribution is -2.29. The van der Waals surface area contributed by atoms with E-state index in [0.29, 0.717) is 13.1 Å². The van der Waals surface area contributed by atoms with E-state index in [-0.39, 0.29) is 5.91 Å². The summed E-state index contributed by atoms with van der Waals surface area (Å²) < 4.78 is 5.83. The summed E-state index contributed by atoms with van der Waals surface area (Å²) in [7, 11) is 1.92. The van der Waals surface area contributed by atoms with E-state index in [2.05, 4.69) is 10.3 Å². The van der Waals surface area contributed by atoms with Crippen LogP contribution in [-0.2, 0) is 11.3 Å². The number of likely N-dealkylation sites (N-methyl/N-ethyl adjacent to an activating group) is 1. The van der Waals surface area contributed by atoms with Crippen molar-refractivity contribution in [2.45, 2.75) is 20.4 Å². The minimum absolute atomic E-state index is 0.0499. The smallest absolute Gasteiger partial charge is 0.238 e. The van der Waals surface area contributed by atoms with Gasteiger partial charge >= 0.3 is 0 Å². The zero-order valence-electron chi connectivity index (χ0n) is 15.7. The highest BCUT2D eigenvalue weighted by molar-refractivity contribution is 7.11. The monoisotopic (exact) mass is 381 g/mol. The van der Waals surface area contributed by atoms with Gasteiger partial charge in [-0.1, -0.05) is 12.1 Å². The quantitative estimate of drug-likeness (QED) is 0.649. The lowest BCUT2D eigenvalue weighted by atomic mass is 10.2. The summed E-state index contributed by atoms with van der Waals surface area (Å²) in [6, 6.07) is 15.3. The van der Waals surface area contributed by atoms with E-state index in [1.54, 1.807) is 11.3 Å². The number of rotatable bonds is 7. The third-order valence-electron chi connectivity index (χ3n) is 3.87. The molecule has 0 bridgehead atoms. The maximum Gasteiger partial charge on any atom is 0.238 e. The molecule has 27 heavy (non-hydrogen) atoms. The Balaban J connectivity index is 1.50. The zero-order valence-corrected chi connectivity index (χ0v) is 16.5. The summed E-state index contributed by atoms with van der Waals surface area (Å²) in [5, 5.41) is 3.95. The summed E-state index contributed by atoms with van der Waals surface area (Å²) in [5.74, 6) is 1.48. The Morgan fingerprint density at radius 2 is 1.93 bits per heavy atom. The van der Waals surface area contributed by atoms with E-state index in [9.17, 15) is 4.79 Å². The van der Waals surface area contributed by atoms with Crippen molar-refractivity contribution in [1.82, 2.24) is 9.88 Å². The Hall–Kier alpha value is -2.70. The maximum atomic E-state index is 12.2. The standard InChI is InChI=1S/C21H23N3O2S/c1-15-5-4-6-19(11-15)26-18-9-7-17(8-10-18)23-21(25)14-24(3)13-20-12-22-16(2)27-20/h4-12H,13-14H2,1-3H3,(H,23,25).